The molecule has 0 saturated heterocycles. The van der Waals surface area contributed by atoms with Gasteiger partial charge in [-0.25, -0.2) is 0 Å². The van der Waals surface area contributed by atoms with E-state index in [1.165, 1.54) is 4.21 Å². The lowest BCUT2D eigenvalue weighted by Crippen LogP contribution is -1.71. The van der Waals surface area contributed by atoms with Gasteiger partial charge < -0.3 is 0 Å². The molecule has 0 fully saturated rings. The predicted octanol–water partition coefficient (Wildman–Crippen LogP) is 3.75. The number of thioether (sulfide) groups is 1. The van der Waals surface area contributed by atoms with Crippen LogP contribution in [0.3, 0.4) is 0 Å². The van der Waals surface area contributed by atoms with Crippen LogP contribution < -0.4 is 0 Å². The first-order chi connectivity index (χ1) is 4.79. The highest BCUT2D eigenvalue weighted by atomic mass is 79.9. The van der Waals surface area contributed by atoms with Crippen molar-refractivity contribution in [2.75, 3.05) is 5.75 Å². The standard InChI is InChI=1S/C7H7BrS2/c1-6(8)5-10-7-3-2-4-9-7/h2-4H,1,5H2. The second-order valence-corrected chi connectivity index (χ2v) is 5.08. The first-order valence-electron chi connectivity index (χ1n) is 2.78. The predicted molar refractivity (Wildman–Crippen MR) is 53.1 cm³/mol. The van der Waals surface area contributed by atoms with Crippen molar-refractivity contribution in [1.82, 2.24) is 0 Å². The fourth-order valence-electron chi connectivity index (χ4n) is 0.495. The smallest absolute Gasteiger partial charge is 0.0601 e. The largest absolute Gasteiger partial charge is 0.137 e. The van der Waals surface area contributed by atoms with E-state index in [0.717, 1.165) is 10.2 Å². The van der Waals surface area contributed by atoms with Crippen LogP contribution in [0.25, 0.3) is 0 Å². The molecule has 3 heteroatoms. The summed E-state index contributed by atoms with van der Waals surface area (Å²) >= 11 is 6.88. The van der Waals surface area contributed by atoms with Crippen LogP contribution in [0.5, 0.6) is 0 Å². The minimum atomic E-state index is 0.959. The van der Waals surface area contributed by atoms with Gasteiger partial charge in [0.15, 0.2) is 0 Å². The summed E-state index contributed by atoms with van der Waals surface area (Å²) in [6.45, 7) is 3.76. The van der Waals surface area contributed by atoms with Crippen LogP contribution >= 0.6 is 39.0 Å². The van der Waals surface area contributed by atoms with Gasteiger partial charge in [-0.1, -0.05) is 28.6 Å². The van der Waals surface area contributed by atoms with Crippen molar-refractivity contribution < 1.29 is 0 Å². The summed E-state index contributed by atoms with van der Waals surface area (Å²) in [4.78, 5) is 0. The molecule has 0 amide bonds. The van der Waals surface area contributed by atoms with Crippen molar-refractivity contribution in [1.29, 1.82) is 0 Å². The molecule has 0 atom stereocenters. The lowest BCUT2D eigenvalue weighted by atomic mass is 10.7. The Labute approximate surface area is 77.5 Å². The molecule has 1 aromatic rings. The van der Waals surface area contributed by atoms with Crippen LogP contribution in [-0.2, 0) is 0 Å². The van der Waals surface area contributed by atoms with Gasteiger partial charge in [-0.3, -0.25) is 0 Å². The summed E-state index contributed by atoms with van der Waals surface area (Å²) in [5.74, 6) is 0.959. The van der Waals surface area contributed by atoms with Gasteiger partial charge in [-0.2, -0.15) is 0 Å². The molecule has 54 valence electrons. The maximum atomic E-state index is 3.76. The molecule has 0 aliphatic heterocycles. The number of rotatable bonds is 3. The SMILES string of the molecule is C=C(Br)CSc1cccs1. The van der Waals surface area contributed by atoms with E-state index >= 15 is 0 Å². The van der Waals surface area contributed by atoms with Crippen LogP contribution in [0, 0.1) is 0 Å². The number of thiophene rings is 1. The van der Waals surface area contributed by atoms with Crippen molar-refractivity contribution in [3.05, 3.63) is 28.6 Å². The van der Waals surface area contributed by atoms with Gasteiger partial charge in [-0.15, -0.1) is 23.1 Å². The molecule has 0 nitrogen and oxygen atoms in total. The lowest BCUT2D eigenvalue weighted by molar-refractivity contribution is 1.68. The molecule has 0 bridgehead atoms. The maximum Gasteiger partial charge on any atom is 0.0601 e. The quantitative estimate of drug-likeness (QED) is 0.719. The number of halogens is 1. The van der Waals surface area contributed by atoms with Crippen LogP contribution in [0.1, 0.15) is 0 Å². The zero-order valence-electron chi connectivity index (χ0n) is 5.34. The van der Waals surface area contributed by atoms with Gasteiger partial charge in [0, 0.05) is 5.75 Å². The van der Waals surface area contributed by atoms with Gasteiger partial charge in [0.2, 0.25) is 0 Å². The first kappa shape index (κ1) is 8.37. The molecular formula is C7H7BrS2. The molecule has 1 aromatic heterocycles. The molecule has 0 spiro atoms. The van der Waals surface area contributed by atoms with Gasteiger partial charge in [0.25, 0.3) is 0 Å². The van der Waals surface area contributed by atoms with E-state index in [1.807, 2.05) is 11.8 Å². The molecule has 10 heavy (non-hydrogen) atoms. The van der Waals surface area contributed by atoms with E-state index in [0.29, 0.717) is 0 Å². The van der Waals surface area contributed by atoms with E-state index in [-0.39, 0.29) is 0 Å². The summed E-state index contributed by atoms with van der Waals surface area (Å²) in [7, 11) is 0. The molecule has 0 radical (unpaired) electrons. The Morgan fingerprint density at radius 2 is 2.60 bits per heavy atom. The Kier molecular flexibility index (Phi) is 3.52. The minimum Gasteiger partial charge on any atom is -0.137 e. The van der Waals surface area contributed by atoms with Gasteiger partial charge >= 0.3 is 0 Å². The first-order valence-corrected chi connectivity index (χ1v) is 5.44. The van der Waals surface area contributed by atoms with E-state index < -0.39 is 0 Å². The average Bonchev–Trinajstić information content (AvgIpc) is 2.34. The third-order valence-corrected chi connectivity index (χ3v) is 3.73. The highest BCUT2D eigenvalue weighted by molar-refractivity contribution is 9.11. The molecule has 1 rings (SSSR count). The molecule has 0 aliphatic rings. The van der Waals surface area contributed by atoms with E-state index in [9.17, 15) is 0 Å². The fourth-order valence-corrected chi connectivity index (χ4v) is 2.38. The normalized spacial score (nSPS) is 9.70. The minimum absolute atomic E-state index is 0.959. The third-order valence-electron chi connectivity index (χ3n) is 0.866. The van der Waals surface area contributed by atoms with Crippen LogP contribution in [0.2, 0.25) is 0 Å². The van der Waals surface area contributed by atoms with E-state index in [1.54, 1.807) is 11.3 Å². The summed E-state index contributed by atoms with van der Waals surface area (Å²) in [6.07, 6.45) is 0. The Morgan fingerprint density at radius 1 is 1.80 bits per heavy atom. The summed E-state index contributed by atoms with van der Waals surface area (Å²) in [5, 5.41) is 2.08. The molecule has 0 aromatic carbocycles. The molecule has 0 saturated carbocycles. The maximum absolute atomic E-state index is 3.76. The third kappa shape index (κ3) is 2.90. The van der Waals surface area contributed by atoms with Gasteiger partial charge in [0.05, 0.1) is 4.21 Å². The van der Waals surface area contributed by atoms with Crippen LogP contribution in [0.4, 0.5) is 0 Å². The Morgan fingerprint density at radius 3 is 3.10 bits per heavy atom. The zero-order valence-corrected chi connectivity index (χ0v) is 8.56. The van der Waals surface area contributed by atoms with Crippen molar-refractivity contribution >= 4 is 39.0 Å². The Hall–Kier alpha value is 0.270. The Bertz CT molecular complexity index is 203. The van der Waals surface area contributed by atoms with E-state index in [4.69, 9.17) is 0 Å². The molecule has 0 aliphatic carbocycles. The van der Waals surface area contributed by atoms with Crippen molar-refractivity contribution in [2.24, 2.45) is 0 Å². The second-order valence-electron chi connectivity index (χ2n) is 1.74. The van der Waals surface area contributed by atoms with Crippen LogP contribution in [0.15, 0.2) is 32.8 Å². The summed E-state index contributed by atoms with van der Waals surface area (Å²) in [5.41, 5.74) is 0. The van der Waals surface area contributed by atoms with Crippen molar-refractivity contribution in [2.45, 2.75) is 4.21 Å². The zero-order chi connectivity index (χ0) is 7.40. The Balaban J connectivity index is 2.35. The topological polar surface area (TPSA) is 0 Å². The lowest BCUT2D eigenvalue weighted by Gasteiger charge is -1.92. The van der Waals surface area contributed by atoms with Crippen LogP contribution in [-0.4, -0.2) is 5.75 Å². The number of hydrogen-bond acceptors (Lipinski definition) is 2. The van der Waals surface area contributed by atoms with Crippen molar-refractivity contribution in [3.8, 4) is 0 Å². The highest BCUT2D eigenvalue weighted by Gasteiger charge is 1.93. The monoisotopic (exact) mass is 234 g/mol. The highest BCUT2D eigenvalue weighted by Crippen LogP contribution is 2.25. The number of hydrogen-bond donors (Lipinski definition) is 0. The molecule has 1 heterocycles. The van der Waals surface area contributed by atoms with Gasteiger partial charge in [-0.05, 0) is 15.9 Å². The average molecular weight is 235 g/mol. The molecule has 0 N–H and O–H groups in total. The summed E-state index contributed by atoms with van der Waals surface area (Å²) in [6, 6.07) is 4.18. The molecular weight excluding hydrogens is 228 g/mol. The van der Waals surface area contributed by atoms with E-state index in [2.05, 4.69) is 40.0 Å². The fraction of sp³-hybridized carbons (Fsp3) is 0.143. The molecule has 0 unspecified atom stereocenters. The van der Waals surface area contributed by atoms with Crippen molar-refractivity contribution in [3.63, 3.8) is 0 Å². The second kappa shape index (κ2) is 4.21. The van der Waals surface area contributed by atoms with Gasteiger partial charge in [0.1, 0.15) is 0 Å². The summed E-state index contributed by atoms with van der Waals surface area (Å²) < 4.78 is 2.39.